The fraction of sp³-hybridized carbons (Fsp3) is 0.643. The first-order valence-electron chi connectivity index (χ1n) is 6.80. The van der Waals surface area contributed by atoms with E-state index in [1.807, 2.05) is 33.1 Å². The molecule has 2 atom stereocenters. The molecule has 1 aliphatic rings. The van der Waals surface area contributed by atoms with Crippen LogP contribution in [0.25, 0.3) is 0 Å². The van der Waals surface area contributed by atoms with Crippen molar-refractivity contribution < 1.29 is 9.59 Å². The molecule has 110 valence electrons. The van der Waals surface area contributed by atoms with Crippen LogP contribution in [0, 0.1) is 5.41 Å². The molecule has 0 radical (unpaired) electrons. The van der Waals surface area contributed by atoms with Gasteiger partial charge in [0.2, 0.25) is 11.8 Å². The Kier molecular flexibility index (Phi) is 4.13. The molecule has 5 nitrogen and oxygen atoms in total. The van der Waals surface area contributed by atoms with Crippen LogP contribution in [0.4, 0.5) is 0 Å². The molecule has 1 N–H and O–H groups in total. The minimum Gasteiger partial charge on any atom is -0.344 e. The highest BCUT2D eigenvalue weighted by atomic mass is 32.1. The van der Waals surface area contributed by atoms with Gasteiger partial charge in [0, 0.05) is 24.5 Å². The van der Waals surface area contributed by atoms with Gasteiger partial charge in [-0.2, -0.15) is 0 Å². The molecule has 1 fully saturated rings. The topological polar surface area (TPSA) is 62.3 Å². The first-order valence-corrected chi connectivity index (χ1v) is 7.68. The Morgan fingerprint density at radius 2 is 2.15 bits per heavy atom. The Morgan fingerprint density at radius 3 is 2.70 bits per heavy atom. The van der Waals surface area contributed by atoms with Crippen molar-refractivity contribution in [2.24, 2.45) is 5.41 Å². The third-order valence-corrected chi connectivity index (χ3v) is 4.50. The lowest BCUT2D eigenvalue weighted by Gasteiger charge is -2.34. The minimum atomic E-state index is -0.486. The second-order valence-corrected chi connectivity index (χ2v) is 7.12. The average Bonchev–Trinajstić information content (AvgIpc) is 2.83. The number of amides is 2. The SMILES string of the molecule is CC(c1nccs1)N1CCC(=O)NC(C(C)(C)C)C1=O. The van der Waals surface area contributed by atoms with Crippen LogP contribution in [0.3, 0.4) is 0 Å². The highest BCUT2D eigenvalue weighted by molar-refractivity contribution is 7.09. The predicted octanol–water partition coefficient (Wildman–Crippen LogP) is 1.97. The number of thiazole rings is 1. The van der Waals surface area contributed by atoms with Crippen LogP contribution >= 0.6 is 11.3 Å². The van der Waals surface area contributed by atoms with Gasteiger partial charge in [0.05, 0.1) is 6.04 Å². The van der Waals surface area contributed by atoms with E-state index in [2.05, 4.69) is 10.3 Å². The highest BCUT2D eigenvalue weighted by Crippen LogP contribution is 2.28. The zero-order chi connectivity index (χ0) is 14.9. The number of nitrogens with zero attached hydrogens (tertiary/aromatic N) is 2. The van der Waals surface area contributed by atoms with Gasteiger partial charge in [-0.1, -0.05) is 20.8 Å². The number of nitrogens with one attached hydrogen (secondary N) is 1. The van der Waals surface area contributed by atoms with Crippen LogP contribution in [0.1, 0.15) is 45.2 Å². The summed E-state index contributed by atoms with van der Waals surface area (Å²) in [4.78, 5) is 30.7. The molecule has 0 bridgehead atoms. The quantitative estimate of drug-likeness (QED) is 0.907. The molecule has 1 aromatic rings. The van der Waals surface area contributed by atoms with Gasteiger partial charge < -0.3 is 10.2 Å². The second kappa shape index (κ2) is 5.52. The Bertz CT molecular complexity index is 493. The van der Waals surface area contributed by atoms with E-state index in [0.29, 0.717) is 13.0 Å². The van der Waals surface area contributed by atoms with Gasteiger partial charge in [0.15, 0.2) is 0 Å². The lowest BCUT2D eigenvalue weighted by molar-refractivity contribution is -0.138. The maximum absolute atomic E-state index is 12.8. The van der Waals surface area contributed by atoms with Crippen molar-refractivity contribution in [3.05, 3.63) is 16.6 Å². The molecule has 2 unspecified atom stereocenters. The van der Waals surface area contributed by atoms with Gasteiger partial charge in [0.25, 0.3) is 0 Å². The lowest BCUT2D eigenvalue weighted by atomic mass is 9.85. The van der Waals surface area contributed by atoms with Crippen molar-refractivity contribution in [2.75, 3.05) is 6.54 Å². The van der Waals surface area contributed by atoms with Crippen molar-refractivity contribution in [3.63, 3.8) is 0 Å². The summed E-state index contributed by atoms with van der Waals surface area (Å²) in [6.07, 6.45) is 2.08. The molecule has 6 heteroatoms. The van der Waals surface area contributed by atoms with E-state index in [1.165, 1.54) is 11.3 Å². The molecule has 0 aromatic carbocycles. The van der Waals surface area contributed by atoms with E-state index in [0.717, 1.165) is 5.01 Å². The molecule has 20 heavy (non-hydrogen) atoms. The summed E-state index contributed by atoms with van der Waals surface area (Å²) < 4.78 is 0. The average molecular weight is 295 g/mol. The zero-order valence-corrected chi connectivity index (χ0v) is 13.2. The third kappa shape index (κ3) is 3.00. The molecule has 0 aliphatic carbocycles. The Balaban J connectivity index is 2.28. The first kappa shape index (κ1) is 15.0. The van der Waals surface area contributed by atoms with Crippen LogP contribution in [0.15, 0.2) is 11.6 Å². The van der Waals surface area contributed by atoms with Crippen LogP contribution in [0.5, 0.6) is 0 Å². The maximum atomic E-state index is 12.8. The summed E-state index contributed by atoms with van der Waals surface area (Å²) in [7, 11) is 0. The second-order valence-electron chi connectivity index (χ2n) is 6.19. The third-order valence-electron chi connectivity index (χ3n) is 3.56. The van der Waals surface area contributed by atoms with Crippen LogP contribution in [-0.4, -0.2) is 34.3 Å². The largest absolute Gasteiger partial charge is 0.344 e. The van der Waals surface area contributed by atoms with E-state index < -0.39 is 6.04 Å². The normalized spacial score (nSPS) is 22.4. The number of rotatable bonds is 2. The Hall–Kier alpha value is -1.43. The molecule has 2 amide bonds. The van der Waals surface area contributed by atoms with Gasteiger partial charge in [-0.05, 0) is 12.3 Å². The monoisotopic (exact) mass is 295 g/mol. The van der Waals surface area contributed by atoms with E-state index in [4.69, 9.17) is 0 Å². The van der Waals surface area contributed by atoms with Crippen molar-refractivity contribution >= 4 is 23.2 Å². The smallest absolute Gasteiger partial charge is 0.246 e. The summed E-state index contributed by atoms with van der Waals surface area (Å²) in [5.74, 6) is -0.0850. The van der Waals surface area contributed by atoms with Gasteiger partial charge in [-0.15, -0.1) is 11.3 Å². The molecule has 2 heterocycles. The van der Waals surface area contributed by atoms with Crippen molar-refractivity contribution in [1.29, 1.82) is 0 Å². The molecule has 1 aliphatic heterocycles. The summed E-state index contributed by atoms with van der Waals surface area (Å²) >= 11 is 1.53. The van der Waals surface area contributed by atoms with E-state index >= 15 is 0 Å². The maximum Gasteiger partial charge on any atom is 0.246 e. The van der Waals surface area contributed by atoms with Crippen LogP contribution in [0.2, 0.25) is 0 Å². The van der Waals surface area contributed by atoms with Crippen LogP contribution < -0.4 is 5.32 Å². The summed E-state index contributed by atoms with van der Waals surface area (Å²) in [5, 5.41) is 5.66. The van der Waals surface area contributed by atoms with Gasteiger partial charge in [-0.3, -0.25) is 9.59 Å². The Labute approximate surface area is 123 Å². The first-order chi connectivity index (χ1) is 9.30. The summed E-state index contributed by atoms with van der Waals surface area (Å²) in [6, 6.07) is -0.583. The minimum absolute atomic E-state index is 0.0222. The standard InChI is InChI=1S/C14H21N3O2S/c1-9(12-15-6-8-20-12)17-7-5-10(18)16-11(13(17)19)14(2,3)4/h6,8-9,11H,5,7H2,1-4H3,(H,16,18). The number of aromatic nitrogens is 1. The van der Waals surface area contributed by atoms with Crippen molar-refractivity contribution in [2.45, 2.75) is 46.2 Å². The van der Waals surface area contributed by atoms with Crippen molar-refractivity contribution in [3.8, 4) is 0 Å². The zero-order valence-electron chi connectivity index (χ0n) is 12.3. The number of hydrogen-bond donors (Lipinski definition) is 1. The molecule has 1 aromatic heterocycles. The Morgan fingerprint density at radius 1 is 1.45 bits per heavy atom. The number of carbonyl (C=O) groups excluding carboxylic acids is 2. The van der Waals surface area contributed by atoms with E-state index in [9.17, 15) is 9.59 Å². The van der Waals surface area contributed by atoms with E-state index in [-0.39, 0.29) is 23.3 Å². The number of carbonyl (C=O) groups is 2. The fourth-order valence-corrected chi connectivity index (χ4v) is 3.05. The molecular weight excluding hydrogens is 274 g/mol. The predicted molar refractivity (Wildman–Crippen MR) is 78.2 cm³/mol. The lowest BCUT2D eigenvalue weighted by Crippen LogP contribution is -2.52. The van der Waals surface area contributed by atoms with Crippen LogP contribution in [-0.2, 0) is 9.59 Å². The molecule has 0 spiro atoms. The molecule has 2 rings (SSSR count). The summed E-state index contributed by atoms with van der Waals surface area (Å²) in [6.45, 7) is 8.30. The van der Waals surface area contributed by atoms with Gasteiger partial charge >= 0.3 is 0 Å². The van der Waals surface area contributed by atoms with Gasteiger partial charge in [-0.25, -0.2) is 4.98 Å². The van der Waals surface area contributed by atoms with Gasteiger partial charge in [0.1, 0.15) is 11.0 Å². The molecule has 1 saturated heterocycles. The summed E-state index contributed by atoms with van der Waals surface area (Å²) in [5.41, 5.74) is -0.308. The fourth-order valence-electron chi connectivity index (χ4n) is 2.34. The molecule has 0 saturated carbocycles. The highest BCUT2D eigenvalue weighted by Gasteiger charge is 2.39. The molecular formula is C14H21N3O2S. The number of hydrogen-bond acceptors (Lipinski definition) is 4. The van der Waals surface area contributed by atoms with E-state index in [1.54, 1.807) is 11.1 Å². The van der Waals surface area contributed by atoms with Crippen molar-refractivity contribution in [1.82, 2.24) is 15.2 Å².